The van der Waals surface area contributed by atoms with Crippen LogP contribution in [0.4, 0.5) is 0 Å². The lowest BCUT2D eigenvalue weighted by Gasteiger charge is -2.26. The predicted molar refractivity (Wildman–Crippen MR) is 108 cm³/mol. The minimum atomic E-state index is -0.0473. The number of carbonyl (C=O) groups excluding carboxylic acids is 1. The molecular weight excluding hydrogens is 368 g/mol. The Balaban J connectivity index is 1.70. The summed E-state index contributed by atoms with van der Waals surface area (Å²) < 4.78 is 1.74. The molecule has 7 heteroatoms. The Morgan fingerprint density at radius 3 is 2.81 bits per heavy atom. The van der Waals surface area contributed by atoms with E-state index in [1.165, 1.54) is 43.4 Å². The fourth-order valence-electron chi connectivity index (χ4n) is 3.84. The van der Waals surface area contributed by atoms with Crippen LogP contribution >= 0.6 is 22.9 Å². The van der Waals surface area contributed by atoms with Gasteiger partial charge in [0.15, 0.2) is 0 Å². The number of amides is 1. The molecule has 3 N–H and O–H groups in total. The van der Waals surface area contributed by atoms with Crippen molar-refractivity contribution in [2.75, 3.05) is 6.54 Å². The summed E-state index contributed by atoms with van der Waals surface area (Å²) in [5.41, 5.74) is 7.73. The van der Waals surface area contributed by atoms with E-state index >= 15 is 0 Å². The van der Waals surface area contributed by atoms with Crippen LogP contribution in [0.2, 0.25) is 5.02 Å². The first-order valence-corrected chi connectivity index (χ1v) is 10.5. The summed E-state index contributed by atoms with van der Waals surface area (Å²) in [5, 5.41) is 7.92. The highest BCUT2D eigenvalue weighted by Gasteiger charge is 2.22. The van der Waals surface area contributed by atoms with Gasteiger partial charge in [-0.2, -0.15) is 5.10 Å². The molecule has 0 aliphatic heterocycles. The molecule has 0 saturated heterocycles. The third-order valence-corrected chi connectivity index (χ3v) is 6.58. The van der Waals surface area contributed by atoms with Gasteiger partial charge in [0.05, 0.1) is 21.8 Å². The van der Waals surface area contributed by atoms with Crippen molar-refractivity contribution < 1.29 is 4.79 Å². The van der Waals surface area contributed by atoms with Crippen LogP contribution < -0.4 is 11.1 Å². The molecule has 5 nitrogen and oxygen atoms in total. The van der Waals surface area contributed by atoms with Crippen molar-refractivity contribution in [1.29, 1.82) is 0 Å². The number of aryl methyl sites for hydroxylation is 2. The molecule has 1 aliphatic rings. The Kier molecular flexibility index (Phi) is 6.37. The third kappa shape index (κ3) is 4.30. The number of nitrogens with two attached hydrogens (primary N) is 1. The second-order valence-electron chi connectivity index (χ2n) is 7.19. The number of hydrogen-bond donors (Lipinski definition) is 2. The van der Waals surface area contributed by atoms with E-state index in [0.717, 1.165) is 22.6 Å². The molecule has 1 unspecified atom stereocenters. The minimum absolute atomic E-state index is 0.0387. The highest BCUT2D eigenvalue weighted by Crippen LogP contribution is 2.35. The van der Waals surface area contributed by atoms with Crippen LogP contribution in [0.25, 0.3) is 11.3 Å². The fraction of sp³-hybridized carbons (Fsp3) is 0.579. The molecule has 0 spiro atoms. The van der Waals surface area contributed by atoms with Gasteiger partial charge in [-0.1, -0.05) is 43.7 Å². The van der Waals surface area contributed by atoms with E-state index in [2.05, 4.69) is 10.4 Å². The highest BCUT2D eigenvalue weighted by molar-refractivity contribution is 7.14. The first kappa shape index (κ1) is 19.4. The number of carbonyl (C=O) groups is 1. The van der Waals surface area contributed by atoms with Gasteiger partial charge < -0.3 is 11.1 Å². The van der Waals surface area contributed by atoms with Crippen molar-refractivity contribution in [2.24, 2.45) is 18.7 Å². The molecule has 142 valence electrons. The third-order valence-electron chi connectivity index (χ3n) is 5.25. The summed E-state index contributed by atoms with van der Waals surface area (Å²) >= 11 is 7.74. The number of nitrogens with zero attached hydrogens (tertiary/aromatic N) is 2. The zero-order chi connectivity index (χ0) is 18.7. The monoisotopic (exact) mass is 394 g/mol. The summed E-state index contributed by atoms with van der Waals surface area (Å²) in [6.45, 7) is 2.48. The Bertz CT molecular complexity index is 744. The summed E-state index contributed by atoms with van der Waals surface area (Å²) in [5.74, 6) is 0.639. The molecule has 0 aromatic carbocycles. The number of hydrogen-bond acceptors (Lipinski definition) is 4. The van der Waals surface area contributed by atoms with Crippen LogP contribution in [0.3, 0.4) is 0 Å². The molecule has 1 fully saturated rings. The average molecular weight is 395 g/mol. The lowest BCUT2D eigenvalue weighted by atomic mass is 9.85. The molecule has 3 rings (SSSR count). The van der Waals surface area contributed by atoms with Gasteiger partial charge >= 0.3 is 0 Å². The van der Waals surface area contributed by atoms with Crippen LogP contribution in [-0.4, -0.2) is 28.3 Å². The summed E-state index contributed by atoms with van der Waals surface area (Å²) in [6.07, 6.45) is 9.06. The van der Waals surface area contributed by atoms with Gasteiger partial charge in [0, 0.05) is 30.1 Å². The quantitative estimate of drug-likeness (QED) is 0.773. The van der Waals surface area contributed by atoms with E-state index in [9.17, 15) is 4.79 Å². The van der Waals surface area contributed by atoms with Gasteiger partial charge in [0.25, 0.3) is 5.91 Å². The van der Waals surface area contributed by atoms with Crippen LogP contribution in [0.1, 0.15) is 53.1 Å². The smallest absolute Gasteiger partial charge is 0.261 e. The van der Waals surface area contributed by atoms with Crippen LogP contribution in [0.15, 0.2) is 12.3 Å². The van der Waals surface area contributed by atoms with Gasteiger partial charge in [-0.15, -0.1) is 11.3 Å². The van der Waals surface area contributed by atoms with Gasteiger partial charge in [0.1, 0.15) is 0 Å². The number of rotatable bonds is 6. The topological polar surface area (TPSA) is 72.9 Å². The molecule has 26 heavy (non-hydrogen) atoms. The largest absolute Gasteiger partial charge is 0.347 e. The second kappa shape index (κ2) is 8.55. The van der Waals surface area contributed by atoms with Crippen molar-refractivity contribution in [2.45, 2.75) is 51.5 Å². The number of aromatic nitrogens is 2. The zero-order valence-corrected chi connectivity index (χ0v) is 17.0. The van der Waals surface area contributed by atoms with Crippen molar-refractivity contribution in [1.82, 2.24) is 15.1 Å². The highest BCUT2D eigenvalue weighted by atomic mass is 35.5. The van der Waals surface area contributed by atoms with Crippen LogP contribution in [-0.2, 0) is 7.05 Å². The molecule has 0 bridgehead atoms. The first-order chi connectivity index (χ1) is 12.5. The van der Waals surface area contributed by atoms with E-state index < -0.39 is 0 Å². The maximum atomic E-state index is 12.7. The van der Waals surface area contributed by atoms with Crippen LogP contribution in [0, 0.1) is 12.8 Å². The minimum Gasteiger partial charge on any atom is -0.347 e. The van der Waals surface area contributed by atoms with E-state index in [1.807, 2.05) is 20.0 Å². The molecule has 1 saturated carbocycles. The number of thiophene rings is 1. The normalized spacial score (nSPS) is 16.6. The van der Waals surface area contributed by atoms with E-state index in [-0.39, 0.29) is 11.9 Å². The van der Waals surface area contributed by atoms with Crippen molar-refractivity contribution >= 4 is 28.8 Å². The van der Waals surface area contributed by atoms with E-state index in [0.29, 0.717) is 22.4 Å². The fourth-order valence-corrected chi connectivity index (χ4v) is 5.03. The molecule has 1 atom stereocenters. The van der Waals surface area contributed by atoms with Crippen molar-refractivity contribution in [3.63, 3.8) is 0 Å². The lowest BCUT2D eigenvalue weighted by Crippen LogP contribution is -2.41. The Morgan fingerprint density at radius 1 is 1.46 bits per heavy atom. The second-order valence-corrected chi connectivity index (χ2v) is 8.85. The van der Waals surface area contributed by atoms with Gasteiger partial charge in [-0.05, 0) is 25.3 Å². The molecular formula is C19H27ClN4OS. The summed E-state index contributed by atoms with van der Waals surface area (Å²) in [7, 11) is 1.85. The number of halogens is 1. The Morgan fingerprint density at radius 2 is 2.19 bits per heavy atom. The summed E-state index contributed by atoms with van der Waals surface area (Å²) in [4.78, 5) is 14.5. The molecule has 2 aromatic heterocycles. The molecule has 2 aromatic rings. The Hall–Kier alpha value is -1.37. The van der Waals surface area contributed by atoms with Gasteiger partial charge in [-0.3, -0.25) is 9.48 Å². The predicted octanol–water partition coefficient (Wildman–Crippen LogP) is 4.14. The molecule has 1 amide bonds. The van der Waals surface area contributed by atoms with Gasteiger partial charge in [0.2, 0.25) is 0 Å². The molecule has 0 radical (unpaired) electrons. The molecule has 1 aliphatic carbocycles. The van der Waals surface area contributed by atoms with Crippen LogP contribution in [0.5, 0.6) is 0 Å². The molecule has 2 heterocycles. The maximum Gasteiger partial charge on any atom is 0.261 e. The maximum absolute atomic E-state index is 12.7. The average Bonchev–Trinajstić information content (AvgIpc) is 3.17. The van der Waals surface area contributed by atoms with E-state index in [1.54, 1.807) is 10.9 Å². The van der Waals surface area contributed by atoms with Crippen molar-refractivity contribution in [3.8, 4) is 11.3 Å². The van der Waals surface area contributed by atoms with Gasteiger partial charge in [-0.25, -0.2) is 0 Å². The lowest BCUT2D eigenvalue weighted by molar-refractivity contribution is 0.0934. The van der Waals surface area contributed by atoms with E-state index in [4.69, 9.17) is 17.3 Å². The van der Waals surface area contributed by atoms with Crippen molar-refractivity contribution in [3.05, 3.63) is 27.0 Å². The SMILES string of the molecule is Cc1sc(C(=O)NC(CN)CC2CCCCC2)cc1-c1c(Cl)cnn1C. The standard InChI is InChI=1S/C19H27ClN4OS/c1-12-15(18-16(20)11-22-24(18)2)9-17(26-12)19(25)23-14(10-21)8-13-6-4-3-5-7-13/h9,11,13-14H,3-8,10,21H2,1-2H3,(H,23,25). The first-order valence-electron chi connectivity index (χ1n) is 9.28. The number of nitrogens with one attached hydrogen (secondary N) is 1. The Labute approximate surface area is 163 Å². The zero-order valence-electron chi connectivity index (χ0n) is 15.4. The summed E-state index contributed by atoms with van der Waals surface area (Å²) in [6, 6.07) is 1.95.